The van der Waals surface area contributed by atoms with Crippen molar-refractivity contribution in [2.45, 2.75) is 19.9 Å². The van der Waals surface area contributed by atoms with Crippen molar-refractivity contribution in [3.8, 4) is 0 Å². The molecule has 5 heteroatoms. The van der Waals surface area contributed by atoms with Crippen molar-refractivity contribution < 1.29 is 9.59 Å². The molecule has 0 aromatic heterocycles. The van der Waals surface area contributed by atoms with Crippen molar-refractivity contribution in [3.05, 3.63) is 0 Å². The molecule has 0 bridgehead atoms. The van der Waals surface area contributed by atoms with Crippen LogP contribution < -0.4 is 11.5 Å². The molecule has 1 aliphatic heterocycles. The van der Waals surface area contributed by atoms with Gasteiger partial charge in [-0.1, -0.05) is 0 Å². The highest BCUT2D eigenvalue weighted by atomic mass is 16.2. The number of primary amides is 1. The van der Waals surface area contributed by atoms with Gasteiger partial charge in [0.05, 0.1) is 5.41 Å². The lowest BCUT2D eigenvalue weighted by atomic mass is 9.90. The highest BCUT2D eigenvalue weighted by Crippen LogP contribution is 2.20. The number of rotatable bonds is 3. The third-order valence-corrected chi connectivity index (χ3v) is 2.30. The number of carbonyl (C=O) groups is 2. The molecular formula is C8H15N3O2. The van der Waals surface area contributed by atoms with Crippen molar-refractivity contribution in [1.29, 1.82) is 0 Å². The summed E-state index contributed by atoms with van der Waals surface area (Å²) in [5, 5.41) is 0. The van der Waals surface area contributed by atoms with Crippen molar-refractivity contribution in [3.63, 3.8) is 0 Å². The van der Waals surface area contributed by atoms with E-state index < -0.39 is 11.3 Å². The van der Waals surface area contributed by atoms with Crippen molar-refractivity contribution in [2.75, 3.05) is 13.1 Å². The molecule has 0 radical (unpaired) electrons. The van der Waals surface area contributed by atoms with Gasteiger partial charge >= 0.3 is 0 Å². The minimum absolute atomic E-state index is 0.102. The molecule has 2 amide bonds. The largest absolute Gasteiger partial charge is 0.369 e. The fourth-order valence-corrected chi connectivity index (χ4v) is 1.23. The van der Waals surface area contributed by atoms with Crippen LogP contribution in [0.25, 0.3) is 0 Å². The maximum absolute atomic E-state index is 11.1. The molecule has 13 heavy (non-hydrogen) atoms. The van der Waals surface area contributed by atoms with E-state index in [0.29, 0.717) is 13.1 Å². The van der Waals surface area contributed by atoms with Crippen LogP contribution in [-0.2, 0) is 9.59 Å². The van der Waals surface area contributed by atoms with Gasteiger partial charge in [0.2, 0.25) is 11.8 Å². The maximum atomic E-state index is 11.1. The number of nitrogens with two attached hydrogens (primary N) is 2. The lowest BCUT2D eigenvalue weighted by Crippen LogP contribution is -2.63. The number of hydrogen-bond acceptors (Lipinski definition) is 3. The molecule has 0 aromatic carbocycles. The first-order chi connectivity index (χ1) is 5.84. The molecule has 74 valence electrons. The van der Waals surface area contributed by atoms with Gasteiger partial charge in [-0.25, -0.2) is 0 Å². The summed E-state index contributed by atoms with van der Waals surface area (Å²) in [4.78, 5) is 23.6. The highest BCUT2D eigenvalue weighted by molar-refractivity contribution is 5.88. The molecule has 0 aromatic rings. The number of nitrogens with zero attached hydrogens (tertiary/aromatic N) is 1. The van der Waals surface area contributed by atoms with Crippen LogP contribution in [0.3, 0.4) is 0 Å². The summed E-state index contributed by atoms with van der Waals surface area (Å²) in [6.07, 6.45) is 0. The maximum Gasteiger partial charge on any atom is 0.241 e. The van der Waals surface area contributed by atoms with Gasteiger partial charge in [0.25, 0.3) is 0 Å². The smallest absolute Gasteiger partial charge is 0.241 e. The molecule has 1 saturated heterocycles. The molecule has 1 unspecified atom stereocenters. The molecule has 0 aliphatic carbocycles. The Morgan fingerprint density at radius 3 is 2.54 bits per heavy atom. The molecule has 0 saturated carbocycles. The normalized spacial score (nSPS) is 22.8. The summed E-state index contributed by atoms with van der Waals surface area (Å²) in [5.41, 5.74) is 9.90. The van der Waals surface area contributed by atoms with Gasteiger partial charge in [0.1, 0.15) is 6.04 Å². The van der Waals surface area contributed by atoms with Crippen LogP contribution in [0.1, 0.15) is 13.8 Å². The zero-order valence-corrected chi connectivity index (χ0v) is 7.91. The Bertz CT molecular complexity index is 250. The number of hydrogen-bond donors (Lipinski definition) is 2. The molecule has 1 aliphatic rings. The van der Waals surface area contributed by atoms with Crippen LogP contribution in [0.15, 0.2) is 0 Å². The Kier molecular flexibility index (Phi) is 2.30. The molecular weight excluding hydrogens is 170 g/mol. The molecule has 1 rings (SSSR count). The van der Waals surface area contributed by atoms with Crippen molar-refractivity contribution >= 4 is 11.8 Å². The fraction of sp³-hybridized carbons (Fsp3) is 0.750. The van der Waals surface area contributed by atoms with E-state index in [1.807, 2.05) is 0 Å². The zero-order chi connectivity index (χ0) is 10.2. The monoisotopic (exact) mass is 185 g/mol. The van der Waals surface area contributed by atoms with Crippen LogP contribution in [0.4, 0.5) is 0 Å². The first-order valence-corrected chi connectivity index (χ1v) is 4.19. The first kappa shape index (κ1) is 9.98. The first-order valence-electron chi connectivity index (χ1n) is 4.19. The summed E-state index contributed by atoms with van der Waals surface area (Å²) in [7, 11) is 0. The minimum atomic E-state index is -0.671. The summed E-state index contributed by atoms with van der Waals surface area (Å²) >= 11 is 0. The van der Waals surface area contributed by atoms with Crippen LogP contribution in [-0.4, -0.2) is 35.8 Å². The van der Waals surface area contributed by atoms with Gasteiger partial charge in [0.15, 0.2) is 0 Å². The third kappa shape index (κ3) is 1.80. The van der Waals surface area contributed by atoms with Gasteiger partial charge in [-0.3, -0.25) is 9.59 Å². The van der Waals surface area contributed by atoms with Crippen LogP contribution in [0, 0.1) is 5.41 Å². The minimum Gasteiger partial charge on any atom is -0.369 e. The van der Waals surface area contributed by atoms with Crippen LogP contribution in [0.5, 0.6) is 0 Å². The summed E-state index contributed by atoms with van der Waals surface area (Å²) in [6, 6.07) is -0.385. The highest BCUT2D eigenvalue weighted by Gasteiger charge is 2.38. The quantitative estimate of drug-likeness (QED) is 0.534. The number of β-lactam (4-membered cyclic amide) rings is 1. The number of carbonyl (C=O) groups excluding carboxylic acids is 2. The van der Waals surface area contributed by atoms with E-state index in [1.165, 1.54) is 0 Å². The summed E-state index contributed by atoms with van der Waals surface area (Å²) < 4.78 is 0. The SMILES string of the molecule is CC(C)(CN1CC(N)C1=O)C(N)=O. The topological polar surface area (TPSA) is 89.4 Å². The number of amides is 2. The van der Waals surface area contributed by atoms with E-state index >= 15 is 0 Å². The van der Waals surface area contributed by atoms with Gasteiger partial charge in [-0.2, -0.15) is 0 Å². The number of likely N-dealkylation sites (tertiary alicyclic amines) is 1. The summed E-state index contributed by atoms with van der Waals surface area (Å²) in [5.74, 6) is -0.505. The Morgan fingerprint density at radius 1 is 1.69 bits per heavy atom. The Labute approximate surface area is 77.1 Å². The molecule has 1 atom stereocenters. The summed E-state index contributed by atoms with van der Waals surface area (Å²) in [6.45, 7) is 4.31. The third-order valence-electron chi connectivity index (χ3n) is 2.30. The average molecular weight is 185 g/mol. The molecule has 1 heterocycles. The molecule has 0 spiro atoms. The van der Waals surface area contributed by atoms with Crippen molar-refractivity contribution in [1.82, 2.24) is 4.90 Å². The van der Waals surface area contributed by atoms with E-state index in [0.717, 1.165) is 0 Å². The van der Waals surface area contributed by atoms with Gasteiger partial charge < -0.3 is 16.4 Å². The van der Waals surface area contributed by atoms with Crippen LogP contribution in [0.2, 0.25) is 0 Å². The Morgan fingerprint density at radius 2 is 2.23 bits per heavy atom. The van der Waals surface area contributed by atoms with Gasteiger partial charge in [-0.15, -0.1) is 0 Å². The zero-order valence-electron chi connectivity index (χ0n) is 7.91. The fourth-order valence-electron chi connectivity index (χ4n) is 1.23. The van der Waals surface area contributed by atoms with Gasteiger partial charge in [-0.05, 0) is 13.8 Å². The average Bonchev–Trinajstić information content (AvgIpc) is 2.03. The molecule has 4 N–H and O–H groups in total. The predicted octanol–water partition coefficient (Wildman–Crippen LogP) is -1.33. The van der Waals surface area contributed by atoms with E-state index in [1.54, 1.807) is 18.7 Å². The standard InChI is InChI=1S/C8H15N3O2/c1-8(2,7(10)13)4-11-3-5(9)6(11)12/h5H,3-4,9H2,1-2H3,(H2,10,13). The second-order valence-electron chi connectivity index (χ2n) is 4.07. The predicted molar refractivity (Wildman–Crippen MR) is 47.5 cm³/mol. The Balaban J connectivity index is 2.51. The Hall–Kier alpha value is -1.10. The van der Waals surface area contributed by atoms with E-state index in [4.69, 9.17) is 11.5 Å². The van der Waals surface area contributed by atoms with Gasteiger partial charge in [0, 0.05) is 13.1 Å². The van der Waals surface area contributed by atoms with E-state index in [9.17, 15) is 9.59 Å². The van der Waals surface area contributed by atoms with E-state index in [2.05, 4.69) is 0 Å². The second kappa shape index (κ2) is 2.99. The lowest BCUT2D eigenvalue weighted by Gasteiger charge is -2.40. The van der Waals surface area contributed by atoms with E-state index in [-0.39, 0.29) is 11.9 Å². The molecule has 5 nitrogen and oxygen atoms in total. The molecule has 1 fully saturated rings. The lowest BCUT2D eigenvalue weighted by molar-refractivity contribution is -0.145. The van der Waals surface area contributed by atoms with Crippen molar-refractivity contribution in [2.24, 2.45) is 16.9 Å². The van der Waals surface area contributed by atoms with Crippen LogP contribution >= 0.6 is 0 Å². The second-order valence-corrected chi connectivity index (χ2v) is 4.07.